The van der Waals surface area contributed by atoms with E-state index < -0.39 is 0 Å². The summed E-state index contributed by atoms with van der Waals surface area (Å²) < 4.78 is 7.14. The molecule has 4 aromatic rings. The Morgan fingerprint density at radius 1 is 0.917 bits per heavy atom. The Hall–Kier alpha value is -3.14. The molecule has 24 heavy (non-hydrogen) atoms. The van der Waals surface area contributed by atoms with Gasteiger partial charge in [-0.1, -0.05) is 42.5 Å². The maximum Gasteiger partial charge on any atom is 0.163 e. The van der Waals surface area contributed by atoms with Gasteiger partial charge in [0.25, 0.3) is 0 Å². The third-order valence-electron chi connectivity index (χ3n) is 4.07. The average molecular weight is 315 g/mol. The molecule has 2 heterocycles. The minimum absolute atomic E-state index is 0.837. The molecule has 0 aliphatic heterocycles. The van der Waals surface area contributed by atoms with Crippen LogP contribution < -0.4 is 4.74 Å². The van der Waals surface area contributed by atoms with Gasteiger partial charge in [0.15, 0.2) is 5.65 Å². The van der Waals surface area contributed by atoms with Crippen molar-refractivity contribution in [2.24, 2.45) is 0 Å². The molecule has 0 radical (unpaired) electrons. The highest BCUT2D eigenvalue weighted by atomic mass is 16.5. The van der Waals surface area contributed by atoms with E-state index in [1.165, 1.54) is 0 Å². The third-order valence-corrected chi connectivity index (χ3v) is 4.07. The van der Waals surface area contributed by atoms with E-state index in [1.807, 2.05) is 60.1 Å². The Morgan fingerprint density at radius 2 is 1.67 bits per heavy atom. The zero-order valence-electron chi connectivity index (χ0n) is 13.6. The van der Waals surface area contributed by atoms with E-state index in [0.29, 0.717) is 0 Å². The van der Waals surface area contributed by atoms with Crippen LogP contribution in [0.4, 0.5) is 0 Å². The van der Waals surface area contributed by atoms with Gasteiger partial charge in [-0.05, 0) is 30.7 Å². The lowest BCUT2D eigenvalue weighted by Gasteiger charge is -2.07. The van der Waals surface area contributed by atoms with Crippen LogP contribution in [0.3, 0.4) is 0 Å². The van der Waals surface area contributed by atoms with Crippen molar-refractivity contribution in [3.8, 4) is 28.1 Å². The van der Waals surface area contributed by atoms with Gasteiger partial charge < -0.3 is 4.74 Å². The molecule has 0 N–H and O–H groups in total. The van der Waals surface area contributed by atoms with Crippen molar-refractivity contribution in [1.29, 1.82) is 0 Å². The number of fused-ring (bicyclic) bond motifs is 1. The van der Waals surface area contributed by atoms with Gasteiger partial charge in [0.2, 0.25) is 0 Å². The molecule has 0 atom stereocenters. The van der Waals surface area contributed by atoms with Crippen LogP contribution in [0, 0.1) is 6.92 Å². The number of aryl methyl sites for hydroxylation is 1. The molecular weight excluding hydrogens is 298 g/mol. The maximum atomic E-state index is 5.23. The summed E-state index contributed by atoms with van der Waals surface area (Å²) >= 11 is 0. The highest BCUT2D eigenvalue weighted by molar-refractivity contribution is 5.79. The average Bonchev–Trinajstić information content (AvgIpc) is 3.05. The molecule has 2 aromatic heterocycles. The Balaban J connectivity index is 1.92. The van der Waals surface area contributed by atoms with Crippen LogP contribution in [0.15, 0.2) is 66.9 Å². The maximum absolute atomic E-state index is 5.23. The van der Waals surface area contributed by atoms with Crippen molar-refractivity contribution >= 4 is 5.65 Å². The van der Waals surface area contributed by atoms with Crippen LogP contribution in [-0.2, 0) is 0 Å². The molecule has 0 unspecified atom stereocenters. The van der Waals surface area contributed by atoms with Crippen molar-refractivity contribution in [3.63, 3.8) is 0 Å². The first-order valence-electron chi connectivity index (χ1n) is 7.81. The molecule has 0 bridgehead atoms. The molecule has 0 spiro atoms. The van der Waals surface area contributed by atoms with Crippen molar-refractivity contribution in [2.75, 3.05) is 7.11 Å². The summed E-state index contributed by atoms with van der Waals surface area (Å²) in [6, 6.07) is 20.3. The normalized spacial score (nSPS) is 10.9. The molecular formula is C20H17N3O. The zero-order chi connectivity index (χ0) is 16.5. The molecule has 4 nitrogen and oxygen atoms in total. The number of hydrogen-bond acceptors (Lipinski definition) is 3. The molecule has 118 valence electrons. The number of hydrogen-bond donors (Lipinski definition) is 0. The van der Waals surface area contributed by atoms with Crippen LogP contribution in [0.1, 0.15) is 5.69 Å². The van der Waals surface area contributed by atoms with Gasteiger partial charge in [-0.15, -0.1) is 0 Å². The fourth-order valence-electron chi connectivity index (χ4n) is 2.87. The zero-order valence-corrected chi connectivity index (χ0v) is 13.6. The summed E-state index contributed by atoms with van der Waals surface area (Å²) in [6.07, 6.45) is 1.87. The Labute approximate surface area is 140 Å². The number of methoxy groups -OCH3 is 1. The van der Waals surface area contributed by atoms with E-state index in [0.717, 1.165) is 39.5 Å². The van der Waals surface area contributed by atoms with Crippen molar-refractivity contribution in [1.82, 2.24) is 14.6 Å². The van der Waals surface area contributed by atoms with Crippen LogP contribution in [0.5, 0.6) is 5.75 Å². The highest BCUT2D eigenvalue weighted by Gasteiger charge is 2.13. The molecule has 0 aliphatic rings. The quantitative estimate of drug-likeness (QED) is 0.563. The van der Waals surface area contributed by atoms with Gasteiger partial charge in [-0.3, -0.25) is 0 Å². The predicted octanol–water partition coefficient (Wildman–Crippen LogP) is 4.38. The van der Waals surface area contributed by atoms with Crippen LogP contribution in [0.25, 0.3) is 28.0 Å². The summed E-state index contributed by atoms with van der Waals surface area (Å²) in [5.41, 5.74) is 6.08. The Morgan fingerprint density at radius 3 is 2.38 bits per heavy atom. The van der Waals surface area contributed by atoms with Gasteiger partial charge in [0, 0.05) is 16.8 Å². The van der Waals surface area contributed by atoms with Crippen molar-refractivity contribution in [3.05, 3.63) is 72.6 Å². The van der Waals surface area contributed by atoms with Crippen LogP contribution in [0.2, 0.25) is 0 Å². The van der Waals surface area contributed by atoms with Gasteiger partial charge in [-0.25, -0.2) is 9.50 Å². The van der Waals surface area contributed by atoms with Crippen LogP contribution >= 0.6 is 0 Å². The van der Waals surface area contributed by atoms with Gasteiger partial charge in [0.05, 0.1) is 19.0 Å². The monoisotopic (exact) mass is 315 g/mol. The molecule has 4 heteroatoms. The third kappa shape index (κ3) is 2.42. The first-order valence-corrected chi connectivity index (χ1v) is 7.81. The van der Waals surface area contributed by atoms with Crippen molar-refractivity contribution < 1.29 is 4.74 Å². The minimum Gasteiger partial charge on any atom is -0.497 e. The summed E-state index contributed by atoms with van der Waals surface area (Å²) in [4.78, 5) is 4.71. The SMILES string of the molecule is COc1ccc(-c2cnn3c(-c4ccccc4)cc(C)nc23)cc1. The van der Waals surface area contributed by atoms with Crippen LogP contribution in [-0.4, -0.2) is 21.7 Å². The number of nitrogens with zero attached hydrogens (tertiary/aromatic N) is 3. The lowest BCUT2D eigenvalue weighted by molar-refractivity contribution is 0.415. The fraction of sp³-hybridized carbons (Fsp3) is 0.100. The van der Waals surface area contributed by atoms with Gasteiger partial charge in [-0.2, -0.15) is 5.10 Å². The molecule has 2 aromatic carbocycles. The minimum atomic E-state index is 0.837. The molecule has 0 aliphatic carbocycles. The summed E-state index contributed by atoms with van der Waals surface area (Å²) in [7, 11) is 1.67. The number of aromatic nitrogens is 3. The topological polar surface area (TPSA) is 39.4 Å². The molecule has 0 saturated carbocycles. The number of ether oxygens (including phenoxy) is 1. The Bertz CT molecular complexity index is 989. The highest BCUT2D eigenvalue weighted by Crippen LogP contribution is 2.29. The molecule has 0 amide bonds. The van der Waals surface area contributed by atoms with Crippen molar-refractivity contribution in [2.45, 2.75) is 6.92 Å². The van der Waals surface area contributed by atoms with Gasteiger partial charge in [0.1, 0.15) is 5.75 Å². The molecule has 4 rings (SSSR count). The van der Waals surface area contributed by atoms with E-state index in [1.54, 1.807) is 7.11 Å². The predicted molar refractivity (Wildman–Crippen MR) is 95.1 cm³/mol. The smallest absolute Gasteiger partial charge is 0.163 e. The first-order chi connectivity index (χ1) is 11.8. The Kier molecular flexibility index (Phi) is 3.50. The number of rotatable bonds is 3. The van der Waals surface area contributed by atoms with E-state index in [4.69, 9.17) is 9.72 Å². The first kappa shape index (κ1) is 14.5. The lowest BCUT2D eigenvalue weighted by atomic mass is 10.1. The van der Waals surface area contributed by atoms with E-state index in [9.17, 15) is 0 Å². The second-order valence-electron chi connectivity index (χ2n) is 5.67. The lowest BCUT2D eigenvalue weighted by Crippen LogP contribution is -1.98. The summed E-state index contributed by atoms with van der Waals surface area (Å²) in [5.74, 6) is 0.837. The summed E-state index contributed by atoms with van der Waals surface area (Å²) in [6.45, 7) is 2.01. The van der Waals surface area contributed by atoms with E-state index >= 15 is 0 Å². The standard InChI is InChI=1S/C20H17N3O/c1-14-12-19(16-6-4-3-5-7-16)23-20(22-14)18(13-21-23)15-8-10-17(24-2)11-9-15/h3-13H,1-2H3. The fourth-order valence-corrected chi connectivity index (χ4v) is 2.87. The van der Waals surface area contributed by atoms with E-state index in [2.05, 4.69) is 23.3 Å². The second kappa shape index (κ2) is 5.81. The largest absolute Gasteiger partial charge is 0.497 e. The molecule has 0 saturated heterocycles. The van der Waals surface area contributed by atoms with E-state index in [-0.39, 0.29) is 0 Å². The molecule has 0 fully saturated rings. The van der Waals surface area contributed by atoms with Gasteiger partial charge >= 0.3 is 0 Å². The summed E-state index contributed by atoms with van der Waals surface area (Å²) in [5, 5.41) is 4.58. The number of benzene rings is 2. The second-order valence-corrected chi connectivity index (χ2v) is 5.67.